The molecular weight excluding hydrogens is 451 g/mol. The molecule has 0 radical (unpaired) electrons. The third-order valence-electron chi connectivity index (χ3n) is 5.01. The van der Waals surface area contributed by atoms with E-state index in [-0.39, 0.29) is 18.9 Å². The van der Waals surface area contributed by atoms with Crippen molar-refractivity contribution in [2.75, 3.05) is 17.2 Å². The monoisotopic (exact) mass is 477 g/mol. The molecule has 2 aromatic carbocycles. The molecule has 5 nitrogen and oxygen atoms in total. The fourth-order valence-corrected chi connectivity index (χ4v) is 4.03. The van der Waals surface area contributed by atoms with E-state index in [0.29, 0.717) is 36.5 Å². The lowest BCUT2D eigenvalue weighted by atomic mass is 10.0. The first kappa shape index (κ1) is 24.7. The van der Waals surface area contributed by atoms with Gasteiger partial charge >= 0.3 is 6.18 Å². The van der Waals surface area contributed by atoms with Gasteiger partial charge in [-0.2, -0.15) is 13.2 Å². The van der Waals surface area contributed by atoms with E-state index in [1.807, 2.05) is 36.4 Å². The number of aromatic nitrogens is 1. The molecule has 3 N–H and O–H groups in total. The Hall–Kier alpha value is -2.91. The molecule has 0 bridgehead atoms. The number of carbonyl (C=O) groups is 1. The largest absolute Gasteiger partial charge is 0.396 e. The van der Waals surface area contributed by atoms with Gasteiger partial charge in [-0.3, -0.25) is 10.1 Å². The van der Waals surface area contributed by atoms with Crippen molar-refractivity contribution in [2.24, 2.45) is 0 Å². The summed E-state index contributed by atoms with van der Waals surface area (Å²) in [6.07, 6.45) is -3.24. The topological polar surface area (TPSA) is 74.2 Å². The number of thiazole rings is 1. The molecule has 0 fully saturated rings. The molecule has 3 rings (SSSR count). The number of para-hydroxylation sites is 1. The molecule has 0 aliphatic rings. The van der Waals surface area contributed by atoms with E-state index in [2.05, 4.69) is 15.6 Å². The maximum Gasteiger partial charge on any atom is 0.389 e. The summed E-state index contributed by atoms with van der Waals surface area (Å²) in [4.78, 5) is 16.7. The summed E-state index contributed by atoms with van der Waals surface area (Å²) in [5, 5.41) is 17.3. The van der Waals surface area contributed by atoms with Crippen LogP contribution in [-0.2, 0) is 19.4 Å². The quantitative estimate of drug-likeness (QED) is 0.304. The smallest absolute Gasteiger partial charge is 0.389 e. The zero-order chi connectivity index (χ0) is 23.7. The standard InChI is InChI=1S/C24H26F3N3O2S/c25-24(26,27)13-4-3-6-18-5-1-2-7-21(18)28-15-17-8-10-19(11-9-17)22(32)30-23-29-20(12-14-31)16-33-23/h1-2,5,7-11,16,28,31H,3-4,6,12-15H2,(H,29,30,32). The Morgan fingerprint density at radius 3 is 2.52 bits per heavy atom. The molecule has 176 valence electrons. The summed E-state index contributed by atoms with van der Waals surface area (Å²) in [5.74, 6) is -0.261. The number of hydrogen-bond acceptors (Lipinski definition) is 5. The number of anilines is 2. The average molecular weight is 478 g/mol. The number of amides is 1. The maximum atomic E-state index is 12.4. The number of aliphatic hydroxyl groups is 1. The Labute approximate surface area is 194 Å². The highest BCUT2D eigenvalue weighted by atomic mass is 32.1. The summed E-state index contributed by atoms with van der Waals surface area (Å²) in [5.41, 5.74) is 4.09. The van der Waals surface area contributed by atoms with Crippen molar-refractivity contribution < 1.29 is 23.1 Å². The molecular formula is C24H26F3N3O2S. The van der Waals surface area contributed by atoms with Crippen molar-refractivity contribution in [1.82, 2.24) is 4.98 Å². The molecule has 0 saturated carbocycles. The molecule has 33 heavy (non-hydrogen) atoms. The van der Waals surface area contributed by atoms with Crippen LogP contribution in [-0.4, -0.2) is 28.8 Å². The van der Waals surface area contributed by atoms with E-state index in [4.69, 9.17) is 5.11 Å². The van der Waals surface area contributed by atoms with E-state index in [1.54, 1.807) is 17.5 Å². The minimum Gasteiger partial charge on any atom is -0.396 e. The number of halogens is 3. The summed E-state index contributed by atoms with van der Waals surface area (Å²) in [7, 11) is 0. The first-order valence-corrected chi connectivity index (χ1v) is 11.6. The van der Waals surface area contributed by atoms with Crippen molar-refractivity contribution in [2.45, 2.75) is 44.8 Å². The Balaban J connectivity index is 1.51. The number of benzene rings is 2. The van der Waals surface area contributed by atoms with Crippen molar-refractivity contribution in [3.05, 3.63) is 76.3 Å². The van der Waals surface area contributed by atoms with Gasteiger partial charge < -0.3 is 10.4 Å². The number of nitrogens with zero attached hydrogens (tertiary/aromatic N) is 1. The average Bonchev–Trinajstić information content (AvgIpc) is 3.22. The van der Waals surface area contributed by atoms with Crippen LogP contribution in [0, 0.1) is 0 Å². The molecule has 0 aliphatic carbocycles. The molecule has 0 spiro atoms. The van der Waals surface area contributed by atoms with E-state index >= 15 is 0 Å². The van der Waals surface area contributed by atoms with Gasteiger partial charge in [0, 0.05) is 42.6 Å². The molecule has 9 heteroatoms. The fourth-order valence-electron chi connectivity index (χ4n) is 3.29. The normalized spacial score (nSPS) is 11.4. The number of unbranched alkanes of at least 4 members (excludes halogenated alkanes) is 1. The highest BCUT2D eigenvalue weighted by molar-refractivity contribution is 7.14. The molecule has 0 unspecified atom stereocenters. The molecule has 1 aromatic heterocycles. The fraction of sp³-hybridized carbons (Fsp3) is 0.333. The summed E-state index contributed by atoms with van der Waals surface area (Å²) in [6.45, 7) is 0.535. The Morgan fingerprint density at radius 2 is 1.79 bits per heavy atom. The minimum absolute atomic E-state index is 0.00908. The number of aryl methyl sites for hydroxylation is 1. The molecule has 0 saturated heterocycles. The van der Waals surface area contributed by atoms with E-state index in [1.165, 1.54) is 11.3 Å². The Kier molecular flexibility index (Phi) is 8.85. The van der Waals surface area contributed by atoms with Crippen LogP contribution in [0.3, 0.4) is 0 Å². The number of carbonyl (C=O) groups excluding carboxylic acids is 1. The van der Waals surface area contributed by atoms with Crippen LogP contribution in [0.15, 0.2) is 53.9 Å². The van der Waals surface area contributed by atoms with Crippen LogP contribution in [0.5, 0.6) is 0 Å². The van der Waals surface area contributed by atoms with Crippen LogP contribution in [0.4, 0.5) is 24.0 Å². The van der Waals surface area contributed by atoms with Crippen molar-refractivity contribution in [3.63, 3.8) is 0 Å². The lowest BCUT2D eigenvalue weighted by Gasteiger charge is -2.13. The van der Waals surface area contributed by atoms with Crippen LogP contribution in [0.1, 0.15) is 46.4 Å². The van der Waals surface area contributed by atoms with Gasteiger partial charge in [-0.25, -0.2) is 4.98 Å². The van der Waals surface area contributed by atoms with Gasteiger partial charge in [-0.1, -0.05) is 30.3 Å². The zero-order valence-electron chi connectivity index (χ0n) is 18.0. The van der Waals surface area contributed by atoms with E-state index in [9.17, 15) is 18.0 Å². The number of hydrogen-bond donors (Lipinski definition) is 3. The third-order valence-corrected chi connectivity index (χ3v) is 5.82. The molecule has 0 atom stereocenters. The highest BCUT2D eigenvalue weighted by Gasteiger charge is 2.25. The second-order valence-corrected chi connectivity index (χ2v) is 8.46. The molecule has 1 amide bonds. The van der Waals surface area contributed by atoms with Gasteiger partial charge in [0.25, 0.3) is 5.91 Å². The zero-order valence-corrected chi connectivity index (χ0v) is 18.8. The van der Waals surface area contributed by atoms with Gasteiger partial charge in [0.1, 0.15) is 0 Å². The minimum atomic E-state index is -4.11. The first-order valence-electron chi connectivity index (χ1n) is 10.7. The first-order chi connectivity index (χ1) is 15.8. The van der Waals surface area contributed by atoms with Crippen LogP contribution in [0.25, 0.3) is 0 Å². The van der Waals surface area contributed by atoms with Gasteiger partial charge in [0.15, 0.2) is 5.13 Å². The maximum absolute atomic E-state index is 12.4. The second-order valence-electron chi connectivity index (χ2n) is 7.60. The predicted octanol–water partition coefficient (Wildman–Crippen LogP) is 5.82. The predicted molar refractivity (Wildman–Crippen MR) is 125 cm³/mol. The van der Waals surface area contributed by atoms with Crippen molar-refractivity contribution in [3.8, 4) is 0 Å². The molecule has 3 aromatic rings. The van der Waals surface area contributed by atoms with Crippen LogP contribution >= 0.6 is 11.3 Å². The Morgan fingerprint density at radius 1 is 1.03 bits per heavy atom. The lowest BCUT2D eigenvalue weighted by molar-refractivity contribution is -0.135. The summed E-state index contributed by atoms with van der Waals surface area (Å²) in [6, 6.07) is 14.8. The lowest BCUT2D eigenvalue weighted by Crippen LogP contribution is -2.12. The van der Waals surface area contributed by atoms with Crippen molar-refractivity contribution >= 4 is 28.1 Å². The van der Waals surface area contributed by atoms with Crippen molar-refractivity contribution in [1.29, 1.82) is 0 Å². The van der Waals surface area contributed by atoms with Crippen LogP contribution in [0.2, 0.25) is 0 Å². The number of nitrogens with one attached hydrogen (secondary N) is 2. The van der Waals surface area contributed by atoms with E-state index < -0.39 is 12.6 Å². The highest BCUT2D eigenvalue weighted by Crippen LogP contribution is 2.24. The van der Waals surface area contributed by atoms with Gasteiger partial charge in [0.2, 0.25) is 0 Å². The molecule has 0 aliphatic heterocycles. The summed E-state index contributed by atoms with van der Waals surface area (Å²) >= 11 is 1.31. The Bertz CT molecular complexity index is 1040. The van der Waals surface area contributed by atoms with Gasteiger partial charge in [-0.15, -0.1) is 11.3 Å². The third kappa shape index (κ3) is 8.18. The number of alkyl halides is 3. The van der Waals surface area contributed by atoms with Gasteiger partial charge in [0.05, 0.1) is 5.69 Å². The van der Waals surface area contributed by atoms with Gasteiger partial charge in [-0.05, 0) is 48.6 Å². The summed E-state index contributed by atoms with van der Waals surface area (Å²) < 4.78 is 37.0. The number of rotatable bonds is 11. The second kappa shape index (κ2) is 11.8. The number of aliphatic hydroxyl groups excluding tert-OH is 1. The molecule has 1 heterocycles. The van der Waals surface area contributed by atoms with E-state index in [0.717, 1.165) is 22.5 Å². The SMILES string of the molecule is O=C(Nc1nc(CCO)cs1)c1ccc(CNc2ccccc2CCCCC(F)(F)F)cc1. The van der Waals surface area contributed by atoms with Crippen LogP contribution < -0.4 is 10.6 Å².